The molecule has 0 aliphatic heterocycles. The fourth-order valence-electron chi connectivity index (χ4n) is 1.23. The minimum absolute atomic E-state index is 0.170. The molecule has 0 bridgehead atoms. The number of carbonyl (C=O) groups is 1. The van der Waals surface area contributed by atoms with Gasteiger partial charge in [-0.2, -0.15) is 0 Å². The largest absolute Gasteiger partial charge is 0.377 e. The standard InChI is InChI=1S/C12H22O2/c1-4-11(2)8-9-12(14-3)7-5-6-10-13/h5,7,10-12H,4,6,8-9H2,1-3H3. The molecule has 0 rings (SSSR count). The Labute approximate surface area is 87.3 Å². The van der Waals surface area contributed by atoms with Crippen LogP contribution < -0.4 is 0 Å². The molecule has 0 radical (unpaired) electrons. The van der Waals surface area contributed by atoms with Crippen LogP contribution in [0.1, 0.15) is 39.5 Å². The van der Waals surface area contributed by atoms with Gasteiger partial charge in [-0.3, -0.25) is 0 Å². The van der Waals surface area contributed by atoms with Gasteiger partial charge in [0.2, 0.25) is 0 Å². The van der Waals surface area contributed by atoms with E-state index in [2.05, 4.69) is 13.8 Å². The second-order valence-corrected chi connectivity index (χ2v) is 3.70. The number of ether oxygens (including phenoxy) is 1. The fraction of sp³-hybridized carbons (Fsp3) is 0.750. The average Bonchev–Trinajstić information content (AvgIpc) is 2.22. The summed E-state index contributed by atoms with van der Waals surface area (Å²) >= 11 is 0. The van der Waals surface area contributed by atoms with Crippen molar-refractivity contribution < 1.29 is 9.53 Å². The predicted molar refractivity (Wildman–Crippen MR) is 59.3 cm³/mol. The molecule has 0 saturated carbocycles. The molecule has 0 spiro atoms. The van der Waals surface area contributed by atoms with E-state index >= 15 is 0 Å². The van der Waals surface area contributed by atoms with Gasteiger partial charge in [-0.25, -0.2) is 0 Å². The number of rotatable bonds is 8. The smallest absolute Gasteiger partial charge is 0.123 e. The van der Waals surface area contributed by atoms with E-state index in [0.717, 1.165) is 18.6 Å². The Balaban J connectivity index is 3.72. The average molecular weight is 198 g/mol. The quantitative estimate of drug-likeness (QED) is 0.443. The number of methoxy groups -OCH3 is 1. The van der Waals surface area contributed by atoms with E-state index in [9.17, 15) is 4.79 Å². The summed E-state index contributed by atoms with van der Waals surface area (Å²) in [6.45, 7) is 4.45. The van der Waals surface area contributed by atoms with E-state index in [1.807, 2.05) is 12.2 Å². The lowest BCUT2D eigenvalue weighted by molar-refractivity contribution is -0.107. The Hall–Kier alpha value is -0.630. The molecule has 0 N–H and O–H groups in total. The molecule has 0 fully saturated rings. The molecular weight excluding hydrogens is 176 g/mol. The Kier molecular flexibility index (Phi) is 8.54. The Bertz CT molecular complexity index is 164. The van der Waals surface area contributed by atoms with E-state index in [1.54, 1.807) is 7.11 Å². The SMILES string of the molecule is CCC(C)CCC(C=CCC=O)OC. The third-order valence-electron chi connectivity index (χ3n) is 2.53. The van der Waals surface area contributed by atoms with Crippen molar-refractivity contribution >= 4 is 6.29 Å². The highest BCUT2D eigenvalue weighted by Crippen LogP contribution is 2.13. The molecule has 0 aliphatic carbocycles. The molecule has 14 heavy (non-hydrogen) atoms. The highest BCUT2D eigenvalue weighted by atomic mass is 16.5. The predicted octanol–water partition coefficient (Wildman–Crippen LogP) is 2.97. The molecule has 0 amide bonds. The van der Waals surface area contributed by atoms with Crippen LogP contribution in [0.3, 0.4) is 0 Å². The summed E-state index contributed by atoms with van der Waals surface area (Å²) in [6.07, 6.45) is 8.86. The third-order valence-corrected chi connectivity index (χ3v) is 2.53. The lowest BCUT2D eigenvalue weighted by atomic mass is 10.0. The van der Waals surface area contributed by atoms with Crippen LogP contribution in [0.4, 0.5) is 0 Å². The van der Waals surface area contributed by atoms with Crippen LogP contribution in [-0.2, 0) is 9.53 Å². The molecule has 0 aromatic heterocycles. The molecule has 0 heterocycles. The van der Waals surface area contributed by atoms with Crippen LogP contribution in [-0.4, -0.2) is 19.5 Å². The summed E-state index contributed by atoms with van der Waals surface area (Å²) in [7, 11) is 1.71. The number of hydrogen-bond donors (Lipinski definition) is 0. The van der Waals surface area contributed by atoms with Gasteiger partial charge in [-0.15, -0.1) is 0 Å². The van der Waals surface area contributed by atoms with Crippen LogP contribution in [0, 0.1) is 5.92 Å². The van der Waals surface area contributed by atoms with Crippen molar-refractivity contribution in [2.75, 3.05) is 7.11 Å². The van der Waals surface area contributed by atoms with Crippen LogP contribution in [0.5, 0.6) is 0 Å². The number of hydrogen-bond acceptors (Lipinski definition) is 2. The zero-order chi connectivity index (χ0) is 10.8. The van der Waals surface area contributed by atoms with E-state index in [-0.39, 0.29) is 6.10 Å². The first-order valence-corrected chi connectivity index (χ1v) is 5.37. The Morgan fingerprint density at radius 1 is 1.36 bits per heavy atom. The first kappa shape index (κ1) is 13.4. The second kappa shape index (κ2) is 8.95. The van der Waals surface area contributed by atoms with Gasteiger partial charge in [-0.05, 0) is 18.8 Å². The minimum Gasteiger partial charge on any atom is -0.377 e. The highest BCUT2D eigenvalue weighted by Gasteiger charge is 2.05. The molecule has 2 heteroatoms. The summed E-state index contributed by atoms with van der Waals surface area (Å²) in [5.74, 6) is 0.757. The fourth-order valence-corrected chi connectivity index (χ4v) is 1.23. The lowest BCUT2D eigenvalue weighted by Gasteiger charge is -2.13. The van der Waals surface area contributed by atoms with Crippen molar-refractivity contribution in [2.45, 2.75) is 45.6 Å². The third kappa shape index (κ3) is 6.84. The topological polar surface area (TPSA) is 26.3 Å². The zero-order valence-corrected chi connectivity index (χ0v) is 9.53. The number of carbonyl (C=O) groups excluding carboxylic acids is 1. The van der Waals surface area contributed by atoms with Gasteiger partial charge in [0.25, 0.3) is 0 Å². The van der Waals surface area contributed by atoms with Gasteiger partial charge in [-0.1, -0.05) is 32.4 Å². The number of allylic oxidation sites excluding steroid dienone is 1. The van der Waals surface area contributed by atoms with Crippen molar-refractivity contribution in [3.8, 4) is 0 Å². The molecule has 0 aromatic rings. The van der Waals surface area contributed by atoms with Gasteiger partial charge in [0, 0.05) is 13.5 Å². The van der Waals surface area contributed by atoms with Crippen LogP contribution in [0.15, 0.2) is 12.2 Å². The maximum atomic E-state index is 10.1. The van der Waals surface area contributed by atoms with Gasteiger partial charge in [0.15, 0.2) is 0 Å². The van der Waals surface area contributed by atoms with Gasteiger partial charge < -0.3 is 9.53 Å². The maximum Gasteiger partial charge on any atom is 0.123 e. The molecule has 0 saturated heterocycles. The first-order valence-electron chi connectivity index (χ1n) is 5.37. The monoisotopic (exact) mass is 198 g/mol. The van der Waals surface area contributed by atoms with Crippen molar-refractivity contribution in [3.05, 3.63) is 12.2 Å². The van der Waals surface area contributed by atoms with E-state index in [0.29, 0.717) is 6.42 Å². The maximum absolute atomic E-state index is 10.1. The van der Waals surface area contributed by atoms with E-state index in [1.165, 1.54) is 12.8 Å². The first-order chi connectivity index (χ1) is 6.74. The van der Waals surface area contributed by atoms with Crippen molar-refractivity contribution in [1.82, 2.24) is 0 Å². The molecule has 2 nitrogen and oxygen atoms in total. The molecule has 82 valence electrons. The minimum atomic E-state index is 0.170. The second-order valence-electron chi connectivity index (χ2n) is 3.70. The molecule has 0 aromatic carbocycles. The molecule has 0 aliphatic rings. The van der Waals surface area contributed by atoms with Crippen LogP contribution in [0.25, 0.3) is 0 Å². The Morgan fingerprint density at radius 3 is 2.57 bits per heavy atom. The van der Waals surface area contributed by atoms with Gasteiger partial charge in [0.1, 0.15) is 6.29 Å². The van der Waals surface area contributed by atoms with Gasteiger partial charge >= 0.3 is 0 Å². The summed E-state index contributed by atoms with van der Waals surface area (Å²) in [5.41, 5.74) is 0. The highest BCUT2D eigenvalue weighted by molar-refractivity contribution is 5.51. The Morgan fingerprint density at radius 2 is 2.07 bits per heavy atom. The molecular formula is C12H22O2. The lowest BCUT2D eigenvalue weighted by Crippen LogP contribution is -2.08. The zero-order valence-electron chi connectivity index (χ0n) is 9.53. The van der Waals surface area contributed by atoms with Crippen LogP contribution >= 0.6 is 0 Å². The number of aldehydes is 1. The van der Waals surface area contributed by atoms with E-state index in [4.69, 9.17) is 4.74 Å². The van der Waals surface area contributed by atoms with E-state index < -0.39 is 0 Å². The van der Waals surface area contributed by atoms with Crippen LogP contribution in [0.2, 0.25) is 0 Å². The molecule has 2 unspecified atom stereocenters. The normalized spacial score (nSPS) is 15.6. The van der Waals surface area contributed by atoms with Crippen molar-refractivity contribution in [3.63, 3.8) is 0 Å². The van der Waals surface area contributed by atoms with Gasteiger partial charge in [0.05, 0.1) is 6.10 Å². The molecule has 2 atom stereocenters. The summed E-state index contributed by atoms with van der Waals surface area (Å²) < 4.78 is 5.29. The van der Waals surface area contributed by atoms with Crippen molar-refractivity contribution in [1.29, 1.82) is 0 Å². The summed E-state index contributed by atoms with van der Waals surface area (Å²) in [6, 6.07) is 0. The summed E-state index contributed by atoms with van der Waals surface area (Å²) in [4.78, 5) is 10.1. The van der Waals surface area contributed by atoms with Crippen molar-refractivity contribution in [2.24, 2.45) is 5.92 Å². The summed E-state index contributed by atoms with van der Waals surface area (Å²) in [5, 5.41) is 0.